The van der Waals surface area contributed by atoms with Crippen LogP contribution in [-0.2, 0) is 0 Å². The van der Waals surface area contributed by atoms with Crippen LogP contribution in [0, 0.1) is 0 Å². The lowest BCUT2D eigenvalue weighted by molar-refractivity contribution is 0.292. The van der Waals surface area contributed by atoms with Crippen LogP contribution in [0.1, 0.15) is 19.8 Å². The fourth-order valence-corrected chi connectivity index (χ4v) is 1.40. The number of nitrogens with one attached hydrogen (secondary N) is 1. The molecule has 0 spiro atoms. The van der Waals surface area contributed by atoms with Gasteiger partial charge in [-0.15, -0.1) is 0 Å². The fraction of sp³-hybridized carbons (Fsp3) is 0.538. The highest BCUT2D eigenvalue weighted by Gasteiger charge is 2.01. The van der Waals surface area contributed by atoms with Gasteiger partial charge in [0, 0.05) is 6.54 Å². The van der Waals surface area contributed by atoms with Crippen LogP contribution in [0.15, 0.2) is 24.3 Å². The first-order valence-electron chi connectivity index (χ1n) is 5.85. The molecule has 0 bridgehead atoms. The number of ether oxygens (including phenoxy) is 2. The molecule has 0 aromatic heterocycles. The smallest absolute Gasteiger partial charge is 0.161 e. The summed E-state index contributed by atoms with van der Waals surface area (Å²) in [6.07, 6.45) is 2.44. The van der Waals surface area contributed by atoms with Crippen molar-refractivity contribution in [2.24, 2.45) is 0 Å². The predicted molar refractivity (Wildman–Crippen MR) is 66.3 cm³/mol. The molecule has 0 saturated carbocycles. The zero-order valence-corrected chi connectivity index (χ0v) is 10.2. The number of rotatable bonds is 8. The minimum absolute atomic E-state index is 0.671. The summed E-state index contributed by atoms with van der Waals surface area (Å²) in [5, 5.41) is 3.33. The fourth-order valence-electron chi connectivity index (χ4n) is 1.40. The molecule has 3 heteroatoms. The number of hydrogen-bond acceptors (Lipinski definition) is 3. The van der Waals surface area contributed by atoms with Crippen LogP contribution >= 0.6 is 0 Å². The SMILES string of the molecule is CCCCNCCOc1ccccc1OC. The van der Waals surface area contributed by atoms with E-state index in [1.165, 1.54) is 12.8 Å². The summed E-state index contributed by atoms with van der Waals surface area (Å²) in [6.45, 7) is 4.79. The molecule has 0 unspecified atom stereocenters. The Morgan fingerprint density at radius 3 is 2.56 bits per heavy atom. The molecule has 1 N–H and O–H groups in total. The van der Waals surface area contributed by atoms with Crippen LogP contribution in [0.5, 0.6) is 11.5 Å². The molecule has 0 atom stereocenters. The number of hydrogen-bond donors (Lipinski definition) is 1. The first kappa shape index (κ1) is 12.8. The minimum atomic E-state index is 0.671. The molecule has 0 fully saturated rings. The van der Waals surface area contributed by atoms with E-state index in [9.17, 15) is 0 Å². The number of methoxy groups -OCH3 is 1. The van der Waals surface area contributed by atoms with Gasteiger partial charge >= 0.3 is 0 Å². The maximum Gasteiger partial charge on any atom is 0.161 e. The molecule has 16 heavy (non-hydrogen) atoms. The lowest BCUT2D eigenvalue weighted by atomic mass is 10.3. The average molecular weight is 223 g/mol. The van der Waals surface area contributed by atoms with Crippen LogP contribution in [0.3, 0.4) is 0 Å². The van der Waals surface area contributed by atoms with Crippen molar-refractivity contribution in [3.8, 4) is 11.5 Å². The van der Waals surface area contributed by atoms with Crippen molar-refractivity contribution in [1.29, 1.82) is 0 Å². The molecule has 3 nitrogen and oxygen atoms in total. The second-order valence-electron chi connectivity index (χ2n) is 3.60. The molecule has 0 heterocycles. The molecule has 1 rings (SSSR count). The van der Waals surface area contributed by atoms with Gasteiger partial charge in [0.1, 0.15) is 6.61 Å². The Kier molecular flexibility index (Phi) is 6.42. The lowest BCUT2D eigenvalue weighted by Crippen LogP contribution is -2.22. The second kappa shape index (κ2) is 7.99. The summed E-state index contributed by atoms with van der Waals surface area (Å²) in [5.74, 6) is 1.60. The van der Waals surface area contributed by atoms with Crippen molar-refractivity contribution >= 4 is 0 Å². The van der Waals surface area contributed by atoms with Crippen molar-refractivity contribution in [3.63, 3.8) is 0 Å². The van der Waals surface area contributed by atoms with E-state index in [1.807, 2.05) is 24.3 Å². The normalized spacial score (nSPS) is 10.1. The van der Waals surface area contributed by atoms with Crippen molar-refractivity contribution in [2.45, 2.75) is 19.8 Å². The Balaban J connectivity index is 2.21. The van der Waals surface area contributed by atoms with Gasteiger partial charge in [-0.2, -0.15) is 0 Å². The molecular formula is C13H21NO2. The van der Waals surface area contributed by atoms with Crippen molar-refractivity contribution in [1.82, 2.24) is 5.32 Å². The van der Waals surface area contributed by atoms with Gasteiger partial charge in [0.25, 0.3) is 0 Å². The molecule has 0 aliphatic carbocycles. The highest BCUT2D eigenvalue weighted by Crippen LogP contribution is 2.25. The molecule has 0 aliphatic heterocycles. The zero-order valence-electron chi connectivity index (χ0n) is 10.2. The van der Waals surface area contributed by atoms with Crippen LogP contribution in [-0.4, -0.2) is 26.8 Å². The van der Waals surface area contributed by atoms with Crippen molar-refractivity contribution in [2.75, 3.05) is 26.8 Å². The van der Waals surface area contributed by atoms with Gasteiger partial charge in [-0.1, -0.05) is 25.5 Å². The summed E-state index contributed by atoms with van der Waals surface area (Å²) in [7, 11) is 1.65. The third-order valence-electron chi connectivity index (χ3n) is 2.31. The maximum atomic E-state index is 5.62. The van der Waals surface area contributed by atoms with E-state index in [-0.39, 0.29) is 0 Å². The highest BCUT2D eigenvalue weighted by atomic mass is 16.5. The van der Waals surface area contributed by atoms with E-state index in [0.29, 0.717) is 6.61 Å². The number of unbranched alkanes of at least 4 members (excludes halogenated alkanes) is 1. The number of benzene rings is 1. The van der Waals surface area contributed by atoms with E-state index < -0.39 is 0 Å². The van der Waals surface area contributed by atoms with Gasteiger partial charge in [0.15, 0.2) is 11.5 Å². The van der Waals surface area contributed by atoms with E-state index in [2.05, 4.69) is 12.2 Å². The van der Waals surface area contributed by atoms with E-state index >= 15 is 0 Å². The van der Waals surface area contributed by atoms with Crippen LogP contribution in [0.4, 0.5) is 0 Å². The Hall–Kier alpha value is -1.22. The third kappa shape index (κ3) is 4.53. The standard InChI is InChI=1S/C13H21NO2/c1-3-4-9-14-10-11-16-13-8-6-5-7-12(13)15-2/h5-8,14H,3-4,9-11H2,1-2H3. The average Bonchev–Trinajstić information content (AvgIpc) is 2.34. The topological polar surface area (TPSA) is 30.5 Å². The molecule has 1 aromatic carbocycles. The van der Waals surface area contributed by atoms with Gasteiger partial charge in [0.05, 0.1) is 7.11 Å². The Morgan fingerprint density at radius 2 is 1.88 bits per heavy atom. The molecule has 0 amide bonds. The van der Waals surface area contributed by atoms with Gasteiger partial charge in [-0.3, -0.25) is 0 Å². The summed E-state index contributed by atoms with van der Waals surface area (Å²) in [5.41, 5.74) is 0. The van der Waals surface area contributed by atoms with E-state index in [1.54, 1.807) is 7.11 Å². The zero-order chi connectivity index (χ0) is 11.6. The monoisotopic (exact) mass is 223 g/mol. The molecule has 0 saturated heterocycles. The van der Waals surface area contributed by atoms with E-state index in [0.717, 1.165) is 24.6 Å². The summed E-state index contributed by atoms with van der Waals surface area (Å²) < 4.78 is 10.8. The Morgan fingerprint density at radius 1 is 1.12 bits per heavy atom. The maximum absolute atomic E-state index is 5.62. The molecule has 0 aliphatic rings. The van der Waals surface area contributed by atoms with Crippen LogP contribution in [0.25, 0.3) is 0 Å². The van der Waals surface area contributed by atoms with E-state index in [4.69, 9.17) is 9.47 Å². The van der Waals surface area contributed by atoms with Gasteiger partial charge in [-0.05, 0) is 25.1 Å². The molecule has 1 aromatic rings. The summed E-state index contributed by atoms with van der Waals surface area (Å²) >= 11 is 0. The molecule has 0 radical (unpaired) electrons. The van der Waals surface area contributed by atoms with Gasteiger partial charge < -0.3 is 14.8 Å². The molecular weight excluding hydrogens is 202 g/mol. The van der Waals surface area contributed by atoms with Crippen LogP contribution < -0.4 is 14.8 Å². The van der Waals surface area contributed by atoms with Gasteiger partial charge in [0.2, 0.25) is 0 Å². The first-order chi connectivity index (χ1) is 7.88. The first-order valence-corrected chi connectivity index (χ1v) is 5.85. The third-order valence-corrected chi connectivity index (χ3v) is 2.31. The minimum Gasteiger partial charge on any atom is -0.493 e. The summed E-state index contributed by atoms with van der Waals surface area (Å²) in [6, 6.07) is 7.71. The van der Waals surface area contributed by atoms with Crippen molar-refractivity contribution in [3.05, 3.63) is 24.3 Å². The quantitative estimate of drug-likeness (QED) is 0.687. The lowest BCUT2D eigenvalue weighted by Gasteiger charge is -2.10. The second-order valence-corrected chi connectivity index (χ2v) is 3.60. The predicted octanol–water partition coefficient (Wildman–Crippen LogP) is 2.46. The van der Waals surface area contributed by atoms with Gasteiger partial charge in [-0.25, -0.2) is 0 Å². The Bertz CT molecular complexity index is 289. The molecule has 90 valence electrons. The highest BCUT2D eigenvalue weighted by molar-refractivity contribution is 5.39. The van der Waals surface area contributed by atoms with Crippen molar-refractivity contribution < 1.29 is 9.47 Å². The Labute approximate surface area is 97.8 Å². The van der Waals surface area contributed by atoms with Crippen LogP contribution in [0.2, 0.25) is 0 Å². The number of para-hydroxylation sites is 2. The summed E-state index contributed by atoms with van der Waals surface area (Å²) in [4.78, 5) is 0. The largest absolute Gasteiger partial charge is 0.493 e.